The van der Waals surface area contributed by atoms with E-state index in [9.17, 15) is 18.0 Å². The van der Waals surface area contributed by atoms with Gasteiger partial charge < -0.3 is 0 Å². The molecule has 0 radical (unpaired) electrons. The third-order valence-corrected chi connectivity index (χ3v) is 2.67. The monoisotopic (exact) mass is 282 g/mol. The lowest BCUT2D eigenvalue weighted by Gasteiger charge is -2.07. The molecule has 0 N–H and O–H groups in total. The second-order valence-electron chi connectivity index (χ2n) is 2.78. The quantitative estimate of drug-likeness (QED) is 0.617. The summed E-state index contributed by atoms with van der Waals surface area (Å²) in [4.78, 5) is 11.3. The van der Waals surface area contributed by atoms with E-state index in [4.69, 9.17) is 0 Å². The molecule has 0 amide bonds. The highest BCUT2D eigenvalue weighted by Crippen LogP contribution is 2.28. The van der Waals surface area contributed by atoms with Crippen LogP contribution in [0.4, 0.5) is 13.2 Å². The summed E-state index contributed by atoms with van der Waals surface area (Å²) in [5.41, 5.74) is -1.56. The van der Waals surface area contributed by atoms with Crippen LogP contribution in [0.2, 0.25) is 0 Å². The molecule has 0 aromatic carbocycles. The molecule has 0 fully saturated rings. The molecule has 0 aliphatic heterocycles. The van der Waals surface area contributed by atoms with E-state index >= 15 is 0 Å². The van der Waals surface area contributed by atoms with Crippen LogP contribution in [0.1, 0.15) is 10.4 Å². The minimum atomic E-state index is -4.72. The molecule has 0 unspecified atom stereocenters. The predicted molar refractivity (Wildman–Crippen MR) is 50.4 cm³/mol. The van der Waals surface area contributed by atoms with Crippen LogP contribution in [0.15, 0.2) is 23.0 Å². The summed E-state index contributed by atoms with van der Waals surface area (Å²) in [6, 6.07) is 0. The smallest absolute Gasteiger partial charge is 0.288 e. The van der Waals surface area contributed by atoms with E-state index in [-0.39, 0.29) is 10.2 Å². The standard InChI is InChI=1S/C8H6BrF3N2O/c1-4(8(10,11)12)6(15)5-3-13-14(2)7(5)9/h3H,1H2,2H3. The number of hydrogen-bond donors (Lipinski definition) is 0. The zero-order chi connectivity index (χ0) is 11.8. The molecule has 1 heterocycles. The molecule has 0 spiro atoms. The Balaban J connectivity index is 3.06. The van der Waals surface area contributed by atoms with Crippen LogP contribution in [-0.2, 0) is 7.05 Å². The number of Topliss-reactive ketones (excluding diaryl/α,β-unsaturated/α-hetero) is 1. The minimum absolute atomic E-state index is 0.153. The van der Waals surface area contributed by atoms with Gasteiger partial charge in [0.05, 0.1) is 17.3 Å². The predicted octanol–water partition coefficient (Wildman–Crippen LogP) is 2.48. The van der Waals surface area contributed by atoms with Crippen molar-refractivity contribution in [3.63, 3.8) is 0 Å². The number of aromatic nitrogens is 2. The lowest BCUT2D eigenvalue weighted by atomic mass is 10.1. The van der Waals surface area contributed by atoms with Crippen LogP contribution < -0.4 is 0 Å². The molecule has 1 aromatic heterocycles. The maximum absolute atomic E-state index is 12.2. The van der Waals surface area contributed by atoms with Gasteiger partial charge in [0.1, 0.15) is 4.60 Å². The first-order valence-electron chi connectivity index (χ1n) is 3.73. The van der Waals surface area contributed by atoms with E-state index < -0.39 is 17.5 Å². The molecule has 0 saturated carbocycles. The maximum Gasteiger partial charge on any atom is 0.419 e. The Morgan fingerprint density at radius 3 is 2.47 bits per heavy atom. The normalized spacial score (nSPS) is 11.5. The van der Waals surface area contributed by atoms with Crippen molar-refractivity contribution in [2.75, 3.05) is 0 Å². The summed E-state index contributed by atoms with van der Waals surface area (Å²) in [5, 5.41) is 3.64. The molecule has 0 atom stereocenters. The fraction of sp³-hybridized carbons (Fsp3) is 0.250. The first-order valence-corrected chi connectivity index (χ1v) is 4.52. The third-order valence-electron chi connectivity index (χ3n) is 1.73. The van der Waals surface area contributed by atoms with Gasteiger partial charge in [-0.15, -0.1) is 0 Å². The van der Waals surface area contributed by atoms with E-state index in [2.05, 4.69) is 27.6 Å². The molecule has 82 valence electrons. The summed E-state index contributed by atoms with van der Waals surface area (Å²) in [6.45, 7) is 2.72. The Bertz CT molecular complexity index is 422. The summed E-state index contributed by atoms with van der Waals surface area (Å²) in [5.74, 6) is -1.18. The summed E-state index contributed by atoms with van der Waals surface area (Å²) in [7, 11) is 1.50. The zero-order valence-electron chi connectivity index (χ0n) is 7.60. The van der Waals surface area contributed by atoms with E-state index in [0.29, 0.717) is 0 Å². The highest BCUT2D eigenvalue weighted by atomic mass is 79.9. The molecule has 0 saturated heterocycles. The second kappa shape index (κ2) is 3.80. The molecule has 1 aromatic rings. The first kappa shape index (κ1) is 12.0. The Kier molecular flexibility index (Phi) is 3.03. The van der Waals surface area contributed by atoms with Crippen molar-refractivity contribution in [2.24, 2.45) is 7.05 Å². The van der Waals surface area contributed by atoms with Crippen molar-refractivity contribution in [1.29, 1.82) is 0 Å². The SMILES string of the molecule is C=C(C(=O)c1cnn(C)c1Br)C(F)(F)F. The molecular weight excluding hydrogens is 277 g/mol. The summed E-state index contributed by atoms with van der Waals surface area (Å²) >= 11 is 2.96. The van der Waals surface area contributed by atoms with Crippen molar-refractivity contribution < 1.29 is 18.0 Å². The van der Waals surface area contributed by atoms with E-state index in [1.165, 1.54) is 11.7 Å². The number of allylic oxidation sites excluding steroid dienone is 1. The molecule has 0 aliphatic carbocycles. The van der Waals surface area contributed by atoms with Crippen molar-refractivity contribution in [3.05, 3.63) is 28.5 Å². The number of hydrogen-bond acceptors (Lipinski definition) is 2. The second-order valence-corrected chi connectivity index (χ2v) is 3.53. The van der Waals surface area contributed by atoms with Crippen LogP contribution in [0.5, 0.6) is 0 Å². The van der Waals surface area contributed by atoms with Gasteiger partial charge >= 0.3 is 6.18 Å². The number of rotatable bonds is 2. The van der Waals surface area contributed by atoms with Gasteiger partial charge in [-0.25, -0.2) is 0 Å². The minimum Gasteiger partial charge on any atom is -0.288 e. The summed E-state index contributed by atoms with van der Waals surface area (Å²) in [6.07, 6.45) is -3.66. The van der Waals surface area contributed by atoms with Crippen molar-refractivity contribution in [1.82, 2.24) is 9.78 Å². The van der Waals surface area contributed by atoms with Gasteiger partial charge in [-0.3, -0.25) is 9.48 Å². The van der Waals surface area contributed by atoms with E-state index in [1.807, 2.05) is 0 Å². The van der Waals surface area contributed by atoms with Gasteiger partial charge in [-0.2, -0.15) is 18.3 Å². The van der Waals surface area contributed by atoms with Gasteiger partial charge in [-0.1, -0.05) is 6.58 Å². The number of aryl methyl sites for hydroxylation is 1. The van der Waals surface area contributed by atoms with Gasteiger partial charge in [0, 0.05) is 7.05 Å². The average Bonchev–Trinajstić information content (AvgIpc) is 2.44. The Morgan fingerprint density at radius 1 is 1.60 bits per heavy atom. The number of nitrogens with zero attached hydrogens (tertiary/aromatic N) is 2. The number of alkyl halides is 3. The molecule has 0 aliphatic rings. The zero-order valence-corrected chi connectivity index (χ0v) is 9.18. The largest absolute Gasteiger partial charge is 0.419 e. The summed E-state index contributed by atoms with van der Waals surface area (Å²) < 4.78 is 37.9. The topological polar surface area (TPSA) is 34.9 Å². The highest BCUT2D eigenvalue weighted by molar-refractivity contribution is 9.10. The highest BCUT2D eigenvalue weighted by Gasteiger charge is 2.38. The molecule has 0 bridgehead atoms. The third kappa shape index (κ3) is 2.28. The fourth-order valence-electron chi connectivity index (χ4n) is 0.866. The van der Waals surface area contributed by atoms with Crippen molar-refractivity contribution >= 4 is 21.7 Å². The van der Waals surface area contributed by atoms with E-state index in [0.717, 1.165) is 6.20 Å². The van der Waals surface area contributed by atoms with Gasteiger partial charge in [0.25, 0.3) is 0 Å². The molecular formula is C8H6BrF3N2O. The Labute approximate surface area is 91.7 Å². The average molecular weight is 283 g/mol. The molecule has 1 rings (SSSR count). The van der Waals surface area contributed by atoms with Crippen molar-refractivity contribution in [3.8, 4) is 0 Å². The molecule has 7 heteroatoms. The van der Waals surface area contributed by atoms with Crippen LogP contribution in [0.3, 0.4) is 0 Å². The lowest BCUT2D eigenvalue weighted by Crippen LogP contribution is -2.19. The fourth-order valence-corrected chi connectivity index (χ4v) is 1.24. The number of ketones is 1. The Morgan fingerprint density at radius 2 is 2.13 bits per heavy atom. The number of halogens is 4. The van der Waals surface area contributed by atoms with Crippen LogP contribution in [0.25, 0.3) is 0 Å². The van der Waals surface area contributed by atoms with Gasteiger partial charge in [0.15, 0.2) is 0 Å². The van der Waals surface area contributed by atoms with Gasteiger partial charge in [0.2, 0.25) is 5.78 Å². The van der Waals surface area contributed by atoms with Crippen LogP contribution >= 0.6 is 15.9 Å². The number of carbonyl (C=O) groups excluding carboxylic acids is 1. The van der Waals surface area contributed by atoms with E-state index in [1.54, 1.807) is 0 Å². The molecule has 3 nitrogen and oxygen atoms in total. The van der Waals surface area contributed by atoms with Gasteiger partial charge in [-0.05, 0) is 15.9 Å². The van der Waals surface area contributed by atoms with Crippen LogP contribution in [-0.4, -0.2) is 21.7 Å². The van der Waals surface area contributed by atoms with Crippen molar-refractivity contribution in [2.45, 2.75) is 6.18 Å². The lowest BCUT2D eigenvalue weighted by molar-refractivity contribution is -0.0883. The first-order chi connectivity index (χ1) is 6.75. The Hall–Kier alpha value is -1.11. The number of carbonyl (C=O) groups is 1. The molecule has 15 heavy (non-hydrogen) atoms. The van der Waals surface area contributed by atoms with Crippen LogP contribution in [0, 0.1) is 0 Å². The maximum atomic E-state index is 12.2.